The molecular weight excluding hydrogens is 316 g/mol. The van der Waals surface area contributed by atoms with Gasteiger partial charge in [-0.15, -0.1) is 0 Å². The second-order valence-electron chi connectivity index (χ2n) is 5.66. The van der Waals surface area contributed by atoms with Crippen molar-refractivity contribution in [2.24, 2.45) is 5.92 Å². The summed E-state index contributed by atoms with van der Waals surface area (Å²) in [6.07, 6.45) is 4.24. The van der Waals surface area contributed by atoms with Crippen molar-refractivity contribution in [3.05, 3.63) is 34.3 Å². The fraction of sp³-hybridized carbons (Fsp3) is 0.562. The second-order valence-corrected chi connectivity index (χ2v) is 6.57. The minimum atomic E-state index is 0.208. The molecule has 1 N–H and O–H groups in total. The van der Waals surface area contributed by atoms with E-state index in [1.165, 1.54) is 5.56 Å². The van der Waals surface area contributed by atoms with E-state index in [4.69, 9.17) is 0 Å². The lowest BCUT2D eigenvalue weighted by Crippen LogP contribution is -2.38. The Bertz CT molecular complexity index is 438. The van der Waals surface area contributed by atoms with Gasteiger partial charge < -0.3 is 10.2 Å². The third-order valence-electron chi connectivity index (χ3n) is 4.19. The van der Waals surface area contributed by atoms with E-state index in [0.717, 1.165) is 30.2 Å². The molecule has 2 rings (SSSR count). The van der Waals surface area contributed by atoms with Crippen LogP contribution in [0.25, 0.3) is 0 Å². The van der Waals surface area contributed by atoms with E-state index in [-0.39, 0.29) is 5.92 Å². The molecule has 110 valence electrons. The number of carbonyl (C=O) groups is 1. The van der Waals surface area contributed by atoms with Crippen LogP contribution in [0.1, 0.15) is 31.2 Å². The van der Waals surface area contributed by atoms with E-state index >= 15 is 0 Å². The van der Waals surface area contributed by atoms with Crippen LogP contribution in [-0.4, -0.2) is 30.9 Å². The molecular formula is C16H23BrN2O. The Morgan fingerprint density at radius 1 is 1.25 bits per heavy atom. The van der Waals surface area contributed by atoms with Crippen molar-refractivity contribution >= 4 is 21.8 Å². The summed E-state index contributed by atoms with van der Waals surface area (Å²) >= 11 is 3.43. The Morgan fingerprint density at radius 2 is 1.85 bits per heavy atom. The number of nitrogens with zero attached hydrogens (tertiary/aromatic N) is 1. The predicted molar refractivity (Wildman–Crippen MR) is 85.4 cm³/mol. The van der Waals surface area contributed by atoms with Crippen molar-refractivity contribution in [2.75, 3.05) is 14.1 Å². The first kappa shape index (κ1) is 15.5. The average molecular weight is 339 g/mol. The molecule has 0 unspecified atom stereocenters. The highest BCUT2D eigenvalue weighted by Crippen LogP contribution is 2.26. The highest BCUT2D eigenvalue weighted by Gasteiger charge is 2.27. The van der Waals surface area contributed by atoms with Gasteiger partial charge in [0, 0.05) is 30.0 Å². The highest BCUT2D eigenvalue weighted by molar-refractivity contribution is 9.10. The molecule has 1 fully saturated rings. The lowest BCUT2D eigenvalue weighted by molar-refractivity contribution is -0.135. The maximum Gasteiger partial charge on any atom is 0.225 e. The summed E-state index contributed by atoms with van der Waals surface area (Å²) in [6, 6.07) is 8.76. The van der Waals surface area contributed by atoms with E-state index in [1.54, 1.807) is 0 Å². The Hall–Kier alpha value is -0.870. The molecule has 0 saturated heterocycles. The van der Waals surface area contributed by atoms with Crippen LogP contribution in [0.2, 0.25) is 0 Å². The first-order chi connectivity index (χ1) is 9.60. The Balaban J connectivity index is 1.87. The van der Waals surface area contributed by atoms with Crippen LogP contribution in [0.3, 0.4) is 0 Å². The number of amides is 1. The molecule has 4 heteroatoms. The van der Waals surface area contributed by atoms with Gasteiger partial charge >= 0.3 is 0 Å². The highest BCUT2D eigenvalue weighted by atomic mass is 79.9. The summed E-state index contributed by atoms with van der Waals surface area (Å²) in [7, 11) is 3.92. The molecule has 0 bridgehead atoms. The third-order valence-corrected chi connectivity index (χ3v) is 4.72. The molecule has 0 atom stereocenters. The Labute approximate surface area is 129 Å². The summed E-state index contributed by atoms with van der Waals surface area (Å²) < 4.78 is 1.07. The monoisotopic (exact) mass is 338 g/mol. The molecule has 0 aromatic heterocycles. The van der Waals surface area contributed by atoms with Gasteiger partial charge in [-0.25, -0.2) is 0 Å². The first-order valence-corrected chi connectivity index (χ1v) is 8.06. The zero-order valence-corrected chi connectivity index (χ0v) is 13.8. The zero-order valence-electron chi connectivity index (χ0n) is 12.2. The minimum absolute atomic E-state index is 0.208. The zero-order chi connectivity index (χ0) is 14.5. The molecule has 20 heavy (non-hydrogen) atoms. The number of benzene rings is 1. The molecule has 1 aromatic carbocycles. The van der Waals surface area contributed by atoms with Crippen LogP contribution in [0.15, 0.2) is 28.7 Å². The lowest BCUT2D eigenvalue weighted by atomic mass is 9.85. The van der Waals surface area contributed by atoms with Crippen LogP contribution in [0.5, 0.6) is 0 Å². The van der Waals surface area contributed by atoms with Crippen molar-refractivity contribution in [2.45, 2.75) is 38.3 Å². The second kappa shape index (κ2) is 7.23. The maximum atomic E-state index is 12.5. The van der Waals surface area contributed by atoms with Gasteiger partial charge in [-0.3, -0.25) is 4.79 Å². The number of hydrogen-bond donors (Lipinski definition) is 1. The summed E-state index contributed by atoms with van der Waals surface area (Å²) in [5.74, 6) is 0.502. The van der Waals surface area contributed by atoms with Crippen LogP contribution >= 0.6 is 15.9 Å². The number of carbonyl (C=O) groups excluding carboxylic acids is 1. The predicted octanol–water partition coefficient (Wildman–Crippen LogP) is 3.19. The summed E-state index contributed by atoms with van der Waals surface area (Å²) in [5, 5.41) is 3.31. The molecule has 0 spiro atoms. The standard InChI is InChI=1S/C16H23BrN2O/c1-18-15-9-5-13(6-10-15)16(20)19(2)11-12-3-7-14(17)8-4-12/h3-4,7-8,13,15,18H,5-6,9-11H2,1-2H3. The summed E-state index contributed by atoms with van der Waals surface area (Å²) in [4.78, 5) is 14.3. The van der Waals surface area contributed by atoms with E-state index in [2.05, 4.69) is 33.4 Å². The van der Waals surface area contributed by atoms with Crippen molar-refractivity contribution in [1.29, 1.82) is 0 Å². The fourth-order valence-electron chi connectivity index (χ4n) is 2.88. The van der Waals surface area contributed by atoms with Gasteiger partial charge in [-0.05, 0) is 50.4 Å². The van der Waals surface area contributed by atoms with Crippen molar-refractivity contribution < 1.29 is 4.79 Å². The molecule has 1 saturated carbocycles. The van der Waals surface area contributed by atoms with Crippen molar-refractivity contribution in [3.8, 4) is 0 Å². The van der Waals surface area contributed by atoms with Gasteiger partial charge in [0.25, 0.3) is 0 Å². The quantitative estimate of drug-likeness (QED) is 0.914. The van der Waals surface area contributed by atoms with Gasteiger partial charge in [-0.1, -0.05) is 28.1 Å². The van der Waals surface area contributed by atoms with Gasteiger partial charge in [0.15, 0.2) is 0 Å². The van der Waals surface area contributed by atoms with E-state index in [0.29, 0.717) is 18.5 Å². The van der Waals surface area contributed by atoms with Crippen molar-refractivity contribution in [3.63, 3.8) is 0 Å². The Kier molecular flexibility index (Phi) is 5.61. The third kappa shape index (κ3) is 4.06. The largest absolute Gasteiger partial charge is 0.341 e. The van der Waals surface area contributed by atoms with Gasteiger partial charge in [-0.2, -0.15) is 0 Å². The van der Waals surface area contributed by atoms with Crippen LogP contribution < -0.4 is 5.32 Å². The van der Waals surface area contributed by atoms with Crippen LogP contribution in [0, 0.1) is 5.92 Å². The SMILES string of the molecule is CNC1CCC(C(=O)N(C)Cc2ccc(Br)cc2)CC1. The van der Waals surface area contributed by atoms with Gasteiger partial charge in [0.2, 0.25) is 5.91 Å². The number of halogens is 1. The summed E-state index contributed by atoms with van der Waals surface area (Å²) in [5.41, 5.74) is 1.17. The molecule has 1 aliphatic rings. The molecule has 1 aliphatic carbocycles. The van der Waals surface area contributed by atoms with Crippen LogP contribution in [0.4, 0.5) is 0 Å². The fourth-order valence-corrected chi connectivity index (χ4v) is 3.15. The normalized spacial score (nSPS) is 22.6. The number of hydrogen-bond acceptors (Lipinski definition) is 2. The molecule has 1 aromatic rings. The van der Waals surface area contributed by atoms with E-state index in [1.807, 2.05) is 31.1 Å². The molecule has 3 nitrogen and oxygen atoms in total. The first-order valence-electron chi connectivity index (χ1n) is 7.27. The number of nitrogens with one attached hydrogen (secondary N) is 1. The van der Waals surface area contributed by atoms with Crippen molar-refractivity contribution in [1.82, 2.24) is 10.2 Å². The lowest BCUT2D eigenvalue weighted by Gasteiger charge is -2.30. The van der Waals surface area contributed by atoms with Gasteiger partial charge in [0.1, 0.15) is 0 Å². The van der Waals surface area contributed by atoms with Gasteiger partial charge in [0.05, 0.1) is 0 Å². The van der Waals surface area contributed by atoms with Crippen LogP contribution in [-0.2, 0) is 11.3 Å². The Morgan fingerprint density at radius 3 is 2.40 bits per heavy atom. The smallest absolute Gasteiger partial charge is 0.225 e. The maximum absolute atomic E-state index is 12.5. The molecule has 1 amide bonds. The molecule has 0 aliphatic heterocycles. The van der Waals surface area contributed by atoms with E-state index < -0.39 is 0 Å². The average Bonchev–Trinajstić information content (AvgIpc) is 2.49. The van der Waals surface area contributed by atoms with E-state index in [9.17, 15) is 4.79 Å². The number of rotatable bonds is 4. The summed E-state index contributed by atoms with van der Waals surface area (Å²) in [6.45, 7) is 0.693. The minimum Gasteiger partial charge on any atom is -0.341 e. The topological polar surface area (TPSA) is 32.3 Å². The molecule has 0 heterocycles. The molecule has 0 radical (unpaired) electrons.